The van der Waals surface area contributed by atoms with Crippen molar-refractivity contribution in [2.45, 2.75) is 0 Å². The summed E-state index contributed by atoms with van der Waals surface area (Å²) in [5.41, 5.74) is 2.01. The van der Waals surface area contributed by atoms with E-state index in [1.54, 1.807) is 0 Å². The monoisotopic (exact) mass is 370 g/mol. The van der Waals surface area contributed by atoms with Gasteiger partial charge in [0.15, 0.2) is 0 Å². The van der Waals surface area contributed by atoms with Gasteiger partial charge < -0.3 is 20.3 Å². The first-order valence-corrected chi connectivity index (χ1v) is 9.58. The van der Waals surface area contributed by atoms with Crippen LogP contribution in [0.15, 0.2) is 36.4 Å². The molecule has 0 amide bonds. The lowest BCUT2D eigenvalue weighted by molar-refractivity contribution is 0.0398. The first-order valence-electron chi connectivity index (χ1n) is 9.58. The molecule has 1 saturated heterocycles. The molecule has 0 saturated carbocycles. The second kappa shape index (κ2) is 10.2. The smallest absolute Gasteiger partial charge is 0.225 e. The molecule has 2 aromatic rings. The van der Waals surface area contributed by atoms with Crippen LogP contribution in [0.1, 0.15) is 0 Å². The van der Waals surface area contributed by atoms with E-state index < -0.39 is 0 Å². The summed E-state index contributed by atoms with van der Waals surface area (Å²) in [6, 6.07) is 12.2. The zero-order valence-electron chi connectivity index (χ0n) is 16.3. The molecule has 1 aromatic heterocycles. The van der Waals surface area contributed by atoms with Crippen molar-refractivity contribution >= 4 is 11.8 Å². The summed E-state index contributed by atoms with van der Waals surface area (Å²) >= 11 is 0. The van der Waals surface area contributed by atoms with Crippen molar-refractivity contribution < 1.29 is 4.74 Å². The number of ether oxygens (including phenoxy) is 1. The first kappa shape index (κ1) is 19.5. The Morgan fingerprint density at radius 1 is 1.04 bits per heavy atom. The maximum absolute atomic E-state index is 5.40. The fraction of sp³-hybridized carbons (Fsp3) is 0.500. The van der Waals surface area contributed by atoms with Crippen molar-refractivity contribution in [1.29, 1.82) is 0 Å². The van der Waals surface area contributed by atoms with E-state index in [0.717, 1.165) is 69.6 Å². The van der Waals surface area contributed by atoms with Gasteiger partial charge in [-0.05, 0) is 14.1 Å². The molecule has 27 heavy (non-hydrogen) atoms. The molecule has 0 unspecified atom stereocenters. The number of nitrogens with one attached hydrogen (secondary N) is 2. The first-order chi connectivity index (χ1) is 13.2. The van der Waals surface area contributed by atoms with Crippen LogP contribution in [-0.2, 0) is 4.74 Å². The fourth-order valence-corrected chi connectivity index (χ4v) is 2.93. The van der Waals surface area contributed by atoms with Crippen molar-refractivity contribution in [3.05, 3.63) is 36.4 Å². The van der Waals surface area contributed by atoms with Gasteiger partial charge in [0.2, 0.25) is 5.95 Å². The third-order valence-corrected chi connectivity index (χ3v) is 4.48. The predicted molar refractivity (Wildman–Crippen MR) is 110 cm³/mol. The number of aromatic nitrogens is 2. The Balaban J connectivity index is 1.66. The summed E-state index contributed by atoms with van der Waals surface area (Å²) in [7, 11) is 4.11. The van der Waals surface area contributed by atoms with Gasteiger partial charge in [0.1, 0.15) is 5.82 Å². The third kappa shape index (κ3) is 6.46. The molecule has 7 heteroatoms. The summed E-state index contributed by atoms with van der Waals surface area (Å²) < 4.78 is 5.40. The molecule has 1 fully saturated rings. The number of rotatable bonds is 9. The molecule has 146 valence electrons. The van der Waals surface area contributed by atoms with E-state index in [0.29, 0.717) is 5.95 Å². The van der Waals surface area contributed by atoms with E-state index in [4.69, 9.17) is 9.72 Å². The molecule has 0 atom stereocenters. The van der Waals surface area contributed by atoms with Gasteiger partial charge in [-0.25, -0.2) is 4.98 Å². The van der Waals surface area contributed by atoms with Crippen molar-refractivity contribution in [2.24, 2.45) is 0 Å². The maximum atomic E-state index is 5.40. The highest BCUT2D eigenvalue weighted by molar-refractivity contribution is 5.64. The van der Waals surface area contributed by atoms with Gasteiger partial charge in [0.25, 0.3) is 0 Å². The van der Waals surface area contributed by atoms with E-state index in [1.807, 2.05) is 24.3 Å². The fourth-order valence-electron chi connectivity index (χ4n) is 2.93. The van der Waals surface area contributed by atoms with Crippen LogP contribution in [0.25, 0.3) is 11.3 Å². The summed E-state index contributed by atoms with van der Waals surface area (Å²) in [6.07, 6.45) is 0. The summed E-state index contributed by atoms with van der Waals surface area (Å²) in [5, 5.41) is 6.79. The van der Waals surface area contributed by atoms with Crippen LogP contribution in [0.5, 0.6) is 0 Å². The van der Waals surface area contributed by atoms with Crippen molar-refractivity contribution in [3.63, 3.8) is 0 Å². The molecule has 2 N–H and O–H groups in total. The average molecular weight is 371 g/mol. The predicted octanol–water partition coefficient (Wildman–Crippen LogP) is 1.86. The molecule has 1 aliphatic rings. The summed E-state index contributed by atoms with van der Waals surface area (Å²) in [5.74, 6) is 1.51. The Morgan fingerprint density at radius 2 is 1.81 bits per heavy atom. The average Bonchev–Trinajstić information content (AvgIpc) is 2.69. The highest BCUT2D eigenvalue weighted by atomic mass is 16.5. The Hall–Kier alpha value is -2.22. The van der Waals surface area contributed by atoms with E-state index in [-0.39, 0.29) is 0 Å². The van der Waals surface area contributed by atoms with Gasteiger partial charge >= 0.3 is 0 Å². The second-order valence-electron chi connectivity index (χ2n) is 6.94. The molecule has 0 aliphatic carbocycles. The van der Waals surface area contributed by atoms with E-state index >= 15 is 0 Å². The lowest BCUT2D eigenvalue weighted by Crippen LogP contribution is -2.39. The lowest BCUT2D eigenvalue weighted by Gasteiger charge is -2.26. The van der Waals surface area contributed by atoms with Gasteiger partial charge in [-0.2, -0.15) is 4.98 Å². The van der Waals surface area contributed by atoms with Gasteiger partial charge in [-0.3, -0.25) is 4.90 Å². The molecule has 0 bridgehead atoms. The van der Waals surface area contributed by atoms with Crippen molar-refractivity contribution in [1.82, 2.24) is 19.8 Å². The normalized spacial score (nSPS) is 15.1. The zero-order chi connectivity index (χ0) is 18.9. The number of hydrogen-bond donors (Lipinski definition) is 2. The van der Waals surface area contributed by atoms with Crippen molar-refractivity contribution in [3.8, 4) is 11.3 Å². The second-order valence-corrected chi connectivity index (χ2v) is 6.94. The molecule has 3 rings (SSSR count). The Labute approximate surface area is 161 Å². The highest BCUT2D eigenvalue weighted by Crippen LogP contribution is 2.21. The number of anilines is 2. The Kier molecular flexibility index (Phi) is 7.38. The van der Waals surface area contributed by atoms with Gasteiger partial charge in [-0.15, -0.1) is 0 Å². The zero-order valence-corrected chi connectivity index (χ0v) is 16.3. The molecule has 1 aliphatic heterocycles. The van der Waals surface area contributed by atoms with Crippen LogP contribution in [-0.4, -0.2) is 86.3 Å². The maximum Gasteiger partial charge on any atom is 0.225 e. The van der Waals surface area contributed by atoms with Crippen LogP contribution in [0.2, 0.25) is 0 Å². The quantitative estimate of drug-likeness (QED) is 0.698. The Morgan fingerprint density at radius 3 is 2.56 bits per heavy atom. The topological polar surface area (TPSA) is 65.5 Å². The Bertz CT molecular complexity index is 688. The SMILES string of the molecule is CN(C)CCNc1nc(NCCN2CCOCC2)cc(-c2ccccc2)n1. The largest absolute Gasteiger partial charge is 0.379 e. The third-order valence-electron chi connectivity index (χ3n) is 4.48. The molecule has 2 heterocycles. The summed E-state index contributed by atoms with van der Waals surface area (Å²) in [4.78, 5) is 13.9. The lowest BCUT2D eigenvalue weighted by atomic mass is 10.1. The molecule has 0 spiro atoms. The minimum Gasteiger partial charge on any atom is -0.379 e. The standard InChI is InChI=1S/C20H30N6O/c1-25(2)10-8-22-20-23-18(17-6-4-3-5-7-17)16-19(24-20)21-9-11-26-12-14-27-15-13-26/h3-7,16H,8-15H2,1-2H3,(H2,21,22,23,24). The number of benzene rings is 1. The summed E-state index contributed by atoms with van der Waals surface area (Å²) in [6.45, 7) is 7.21. The van der Waals surface area contributed by atoms with Crippen LogP contribution < -0.4 is 10.6 Å². The van der Waals surface area contributed by atoms with Crippen LogP contribution in [0.4, 0.5) is 11.8 Å². The number of morpholine rings is 1. The van der Waals surface area contributed by atoms with Gasteiger partial charge in [0.05, 0.1) is 18.9 Å². The molecular weight excluding hydrogens is 340 g/mol. The van der Waals surface area contributed by atoms with Gasteiger partial charge in [-0.1, -0.05) is 30.3 Å². The van der Waals surface area contributed by atoms with E-state index in [9.17, 15) is 0 Å². The number of hydrogen-bond acceptors (Lipinski definition) is 7. The van der Waals surface area contributed by atoms with Gasteiger partial charge in [0, 0.05) is 50.9 Å². The number of nitrogens with zero attached hydrogens (tertiary/aromatic N) is 4. The van der Waals surface area contributed by atoms with Crippen molar-refractivity contribution in [2.75, 3.05) is 77.2 Å². The minimum absolute atomic E-state index is 0.659. The van der Waals surface area contributed by atoms with Crippen LogP contribution in [0, 0.1) is 0 Å². The molecular formula is C20H30N6O. The van der Waals surface area contributed by atoms with E-state index in [1.165, 1.54) is 0 Å². The van der Waals surface area contributed by atoms with Crippen LogP contribution >= 0.6 is 0 Å². The molecule has 7 nitrogen and oxygen atoms in total. The highest BCUT2D eigenvalue weighted by Gasteiger charge is 2.10. The van der Waals surface area contributed by atoms with Crippen LogP contribution in [0.3, 0.4) is 0 Å². The molecule has 0 radical (unpaired) electrons. The molecule has 1 aromatic carbocycles. The number of likely N-dealkylation sites (N-methyl/N-ethyl adjacent to an activating group) is 1. The minimum atomic E-state index is 0.659. The van der Waals surface area contributed by atoms with E-state index in [2.05, 4.69) is 51.6 Å².